The third-order valence-electron chi connectivity index (χ3n) is 2.25. The fourth-order valence-corrected chi connectivity index (χ4v) is 1.43. The van der Waals surface area contributed by atoms with Crippen LogP contribution in [0.4, 0.5) is 4.39 Å². The normalized spacial score (nSPS) is 10.6. The minimum atomic E-state index is -0.324. The maximum Gasteiger partial charge on any atom is 0.219 e. The molecule has 0 aliphatic rings. The van der Waals surface area contributed by atoms with Crippen LogP contribution in [-0.2, 0) is 12.8 Å². The van der Waals surface area contributed by atoms with Gasteiger partial charge in [-0.1, -0.05) is 6.07 Å². The van der Waals surface area contributed by atoms with Crippen LogP contribution in [0.3, 0.4) is 0 Å². The van der Waals surface area contributed by atoms with E-state index in [1.54, 1.807) is 12.1 Å². The zero-order chi connectivity index (χ0) is 12.8. The molecule has 0 fully saturated rings. The maximum atomic E-state index is 12.9. The molecule has 1 aromatic carbocycles. The second kappa shape index (κ2) is 6.11. The molecule has 0 atom stereocenters. The molecule has 0 spiro atoms. The molecule has 96 valence electrons. The van der Waals surface area contributed by atoms with Gasteiger partial charge in [-0.05, 0) is 12.1 Å². The Bertz CT molecular complexity index is 502. The standard InChI is InChI=1S/C12H14FN3O2/c13-9-2-1-3-10(8-9)17-7-5-12-16-15-11(18-12)4-6-14/h1-3,8H,4-7,14H2. The zero-order valence-corrected chi connectivity index (χ0v) is 9.80. The molecule has 0 unspecified atom stereocenters. The first kappa shape index (κ1) is 12.5. The lowest BCUT2D eigenvalue weighted by atomic mass is 10.3. The summed E-state index contributed by atoms with van der Waals surface area (Å²) in [5, 5.41) is 7.69. The van der Waals surface area contributed by atoms with E-state index in [1.807, 2.05) is 0 Å². The lowest BCUT2D eigenvalue weighted by molar-refractivity contribution is 0.302. The summed E-state index contributed by atoms with van der Waals surface area (Å²) in [6, 6.07) is 5.98. The Morgan fingerprint density at radius 2 is 2.00 bits per heavy atom. The Morgan fingerprint density at radius 3 is 2.72 bits per heavy atom. The van der Waals surface area contributed by atoms with Crippen LogP contribution in [0.15, 0.2) is 28.7 Å². The van der Waals surface area contributed by atoms with Gasteiger partial charge in [0.2, 0.25) is 11.8 Å². The fraction of sp³-hybridized carbons (Fsp3) is 0.333. The van der Waals surface area contributed by atoms with E-state index in [0.717, 1.165) is 0 Å². The van der Waals surface area contributed by atoms with Crippen molar-refractivity contribution in [2.75, 3.05) is 13.2 Å². The largest absolute Gasteiger partial charge is 0.493 e. The Morgan fingerprint density at radius 1 is 1.22 bits per heavy atom. The Labute approximate surface area is 104 Å². The fourth-order valence-electron chi connectivity index (χ4n) is 1.43. The van der Waals surface area contributed by atoms with E-state index < -0.39 is 0 Å². The highest BCUT2D eigenvalue weighted by Gasteiger charge is 2.05. The number of aromatic nitrogens is 2. The van der Waals surface area contributed by atoms with Crippen molar-refractivity contribution in [2.24, 2.45) is 5.73 Å². The molecule has 18 heavy (non-hydrogen) atoms. The minimum absolute atomic E-state index is 0.324. The lowest BCUT2D eigenvalue weighted by Gasteiger charge is -2.03. The predicted octanol–water partition coefficient (Wildman–Crippen LogP) is 1.33. The van der Waals surface area contributed by atoms with Gasteiger partial charge in [-0.2, -0.15) is 0 Å². The topological polar surface area (TPSA) is 74.2 Å². The quantitative estimate of drug-likeness (QED) is 0.838. The van der Waals surface area contributed by atoms with Gasteiger partial charge in [-0.3, -0.25) is 0 Å². The van der Waals surface area contributed by atoms with Crippen LogP contribution >= 0.6 is 0 Å². The third-order valence-corrected chi connectivity index (χ3v) is 2.25. The van der Waals surface area contributed by atoms with E-state index in [-0.39, 0.29) is 5.82 Å². The van der Waals surface area contributed by atoms with Crippen LogP contribution in [0.25, 0.3) is 0 Å². The molecular weight excluding hydrogens is 237 g/mol. The summed E-state index contributed by atoms with van der Waals surface area (Å²) in [6.45, 7) is 0.829. The summed E-state index contributed by atoms with van der Waals surface area (Å²) >= 11 is 0. The van der Waals surface area contributed by atoms with E-state index in [0.29, 0.717) is 43.5 Å². The van der Waals surface area contributed by atoms with Gasteiger partial charge < -0.3 is 14.9 Å². The number of halogens is 1. The number of nitrogens with zero attached hydrogens (tertiary/aromatic N) is 2. The molecule has 0 saturated heterocycles. The van der Waals surface area contributed by atoms with Gasteiger partial charge in [0, 0.05) is 19.0 Å². The Balaban J connectivity index is 1.81. The molecular formula is C12H14FN3O2. The summed E-state index contributed by atoms with van der Waals surface area (Å²) in [7, 11) is 0. The van der Waals surface area contributed by atoms with Crippen LogP contribution < -0.4 is 10.5 Å². The van der Waals surface area contributed by atoms with E-state index in [4.69, 9.17) is 14.9 Å². The van der Waals surface area contributed by atoms with Gasteiger partial charge in [-0.15, -0.1) is 10.2 Å². The van der Waals surface area contributed by atoms with Crippen LogP contribution in [0.1, 0.15) is 11.8 Å². The van der Waals surface area contributed by atoms with Gasteiger partial charge in [0.25, 0.3) is 0 Å². The molecule has 0 saturated carbocycles. The summed E-state index contributed by atoms with van der Waals surface area (Å²) < 4.78 is 23.6. The van der Waals surface area contributed by atoms with Gasteiger partial charge in [0.05, 0.1) is 13.0 Å². The third kappa shape index (κ3) is 3.53. The van der Waals surface area contributed by atoms with Crippen molar-refractivity contribution in [3.05, 3.63) is 41.9 Å². The zero-order valence-electron chi connectivity index (χ0n) is 9.80. The molecule has 0 radical (unpaired) electrons. The van der Waals surface area contributed by atoms with Crippen LogP contribution in [0.5, 0.6) is 5.75 Å². The van der Waals surface area contributed by atoms with Gasteiger partial charge in [0.15, 0.2) is 0 Å². The first-order valence-electron chi connectivity index (χ1n) is 5.67. The van der Waals surface area contributed by atoms with Crippen molar-refractivity contribution in [1.82, 2.24) is 10.2 Å². The molecule has 0 bridgehead atoms. The van der Waals surface area contributed by atoms with Gasteiger partial charge in [0.1, 0.15) is 11.6 Å². The average molecular weight is 251 g/mol. The molecule has 2 aromatic rings. The highest BCUT2D eigenvalue weighted by molar-refractivity contribution is 5.22. The highest BCUT2D eigenvalue weighted by atomic mass is 19.1. The molecule has 1 heterocycles. The maximum absolute atomic E-state index is 12.9. The van der Waals surface area contributed by atoms with E-state index in [9.17, 15) is 4.39 Å². The summed E-state index contributed by atoms with van der Waals surface area (Å²) in [5.41, 5.74) is 5.37. The first-order valence-corrected chi connectivity index (χ1v) is 5.67. The van der Waals surface area contributed by atoms with E-state index >= 15 is 0 Å². The number of nitrogens with two attached hydrogens (primary N) is 1. The number of benzene rings is 1. The van der Waals surface area contributed by atoms with Gasteiger partial charge >= 0.3 is 0 Å². The van der Waals surface area contributed by atoms with Crippen molar-refractivity contribution < 1.29 is 13.5 Å². The van der Waals surface area contributed by atoms with Crippen molar-refractivity contribution in [1.29, 1.82) is 0 Å². The number of rotatable bonds is 6. The number of ether oxygens (including phenoxy) is 1. The second-order valence-electron chi connectivity index (χ2n) is 3.68. The SMILES string of the molecule is NCCc1nnc(CCOc2cccc(F)c2)o1. The molecule has 0 aliphatic heterocycles. The summed E-state index contributed by atoms with van der Waals surface area (Å²) in [4.78, 5) is 0. The predicted molar refractivity (Wildman–Crippen MR) is 62.7 cm³/mol. The lowest BCUT2D eigenvalue weighted by Crippen LogP contribution is -2.02. The van der Waals surface area contributed by atoms with Crippen LogP contribution in [0, 0.1) is 5.82 Å². The molecule has 0 amide bonds. The number of hydrogen-bond acceptors (Lipinski definition) is 5. The van der Waals surface area contributed by atoms with Crippen LogP contribution in [-0.4, -0.2) is 23.3 Å². The molecule has 6 heteroatoms. The van der Waals surface area contributed by atoms with E-state index in [1.165, 1.54) is 12.1 Å². The molecule has 2 rings (SSSR count). The monoisotopic (exact) mass is 251 g/mol. The van der Waals surface area contributed by atoms with Crippen molar-refractivity contribution in [2.45, 2.75) is 12.8 Å². The van der Waals surface area contributed by atoms with Crippen molar-refractivity contribution in [3.63, 3.8) is 0 Å². The second-order valence-corrected chi connectivity index (χ2v) is 3.68. The van der Waals surface area contributed by atoms with Crippen molar-refractivity contribution in [3.8, 4) is 5.75 Å². The molecule has 5 nitrogen and oxygen atoms in total. The molecule has 0 aliphatic carbocycles. The average Bonchev–Trinajstić information content (AvgIpc) is 2.78. The van der Waals surface area contributed by atoms with Crippen LogP contribution in [0.2, 0.25) is 0 Å². The Kier molecular flexibility index (Phi) is 4.25. The number of hydrogen-bond donors (Lipinski definition) is 1. The first-order chi connectivity index (χ1) is 8.78. The highest BCUT2D eigenvalue weighted by Crippen LogP contribution is 2.12. The smallest absolute Gasteiger partial charge is 0.219 e. The Hall–Kier alpha value is -1.95. The molecule has 1 aromatic heterocycles. The minimum Gasteiger partial charge on any atom is -0.493 e. The summed E-state index contributed by atoms with van der Waals surface area (Å²) in [6.07, 6.45) is 1.05. The van der Waals surface area contributed by atoms with E-state index in [2.05, 4.69) is 10.2 Å². The van der Waals surface area contributed by atoms with Gasteiger partial charge in [-0.25, -0.2) is 4.39 Å². The summed E-state index contributed by atoms with van der Waals surface area (Å²) in [5.74, 6) is 1.18. The van der Waals surface area contributed by atoms with Crippen molar-refractivity contribution >= 4 is 0 Å². The molecule has 2 N–H and O–H groups in total.